The van der Waals surface area contributed by atoms with E-state index in [0.29, 0.717) is 19.3 Å². The average Bonchev–Trinajstić information content (AvgIpc) is 3.28. The molecule has 0 rings (SSSR count). The van der Waals surface area contributed by atoms with Crippen LogP contribution in [0.15, 0.2) is 146 Å². The molecule has 1 amide bonds. The maximum Gasteiger partial charge on any atom is 0.306 e. The topological polar surface area (TPSA) is 95.9 Å². The van der Waals surface area contributed by atoms with Gasteiger partial charge in [0.25, 0.3) is 0 Å². The maximum absolute atomic E-state index is 13.2. The van der Waals surface area contributed by atoms with Gasteiger partial charge in [0.05, 0.1) is 25.2 Å². The largest absolute Gasteiger partial charge is 0.462 e. The lowest BCUT2D eigenvalue weighted by molar-refractivity contribution is -0.150. The molecule has 0 heterocycles. The van der Waals surface area contributed by atoms with E-state index < -0.39 is 18.2 Å². The van der Waals surface area contributed by atoms with E-state index >= 15 is 0 Å². The van der Waals surface area contributed by atoms with Crippen LogP contribution in [0.1, 0.15) is 175 Å². The smallest absolute Gasteiger partial charge is 0.306 e. The summed E-state index contributed by atoms with van der Waals surface area (Å²) in [6, 6.07) is -0.751. The lowest BCUT2D eigenvalue weighted by Crippen LogP contribution is -2.46. The van der Waals surface area contributed by atoms with Gasteiger partial charge in [0.2, 0.25) is 5.91 Å². The lowest BCUT2D eigenvalue weighted by atomic mass is 10.0. The van der Waals surface area contributed by atoms with Crippen LogP contribution in [-0.2, 0) is 14.3 Å². The van der Waals surface area contributed by atoms with Crippen molar-refractivity contribution in [1.29, 1.82) is 0 Å². The molecular weight excluding hydrogens is 779 g/mol. The molecule has 0 aliphatic rings. The first kappa shape index (κ1) is 58.7. The molecule has 6 heteroatoms. The minimum Gasteiger partial charge on any atom is -0.462 e. The summed E-state index contributed by atoms with van der Waals surface area (Å²) in [6.07, 6.45) is 70.6. The second-order valence-electron chi connectivity index (χ2n) is 15.9. The molecule has 0 saturated heterocycles. The Morgan fingerprint density at radius 3 is 1.43 bits per heavy atom. The van der Waals surface area contributed by atoms with Crippen molar-refractivity contribution in [3.05, 3.63) is 146 Å². The fourth-order valence-corrected chi connectivity index (χ4v) is 6.43. The summed E-state index contributed by atoms with van der Waals surface area (Å²) in [5.41, 5.74) is 0. The number of allylic oxidation sites excluding steroid dienone is 24. The van der Waals surface area contributed by atoms with Gasteiger partial charge >= 0.3 is 5.97 Å². The Balaban J connectivity index is 4.89. The number of unbranched alkanes of at least 4 members (excludes halogenated alkanes) is 10. The van der Waals surface area contributed by atoms with Crippen LogP contribution in [0, 0.1) is 0 Å². The third kappa shape index (κ3) is 44.2. The van der Waals surface area contributed by atoms with E-state index in [-0.39, 0.29) is 31.3 Å². The number of rotatable bonds is 41. The second kappa shape index (κ2) is 48.8. The summed E-state index contributed by atoms with van der Waals surface area (Å²) < 4.78 is 5.84. The second-order valence-corrected chi connectivity index (χ2v) is 15.9. The fraction of sp³-hybridized carbons (Fsp3) is 0.544. The third-order valence-corrected chi connectivity index (χ3v) is 10.1. The molecule has 0 aliphatic heterocycles. The number of amides is 1. The Labute approximate surface area is 385 Å². The van der Waals surface area contributed by atoms with Gasteiger partial charge in [-0.25, -0.2) is 0 Å². The minimum absolute atomic E-state index is 0.0147. The zero-order valence-corrected chi connectivity index (χ0v) is 39.9. The van der Waals surface area contributed by atoms with Crippen molar-refractivity contribution < 1.29 is 24.5 Å². The Bertz CT molecular complexity index is 1440. The molecule has 3 N–H and O–H groups in total. The average molecular weight is 868 g/mol. The highest BCUT2D eigenvalue weighted by molar-refractivity contribution is 5.77. The van der Waals surface area contributed by atoms with Crippen molar-refractivity contribution in [1.82, 2.24) is 5.32 Å². The third-order valence-electron chi connectivity index (χ3n) is 10.1. The Hall–Kier alpha value is -4.26. The molecule has 3 unspecified atom stereocenters. The number of aliphatic hydroxyl groups is 2. The number of hydrogen-bond acceptors (Lipinski definition) is 5. The molecule has 0 aromatic heterocycles. The first-order chi connectivity index (χ1) is 31.0. The molecule has 0 spiro atoms. The van der Waals surface area contributed by atoms with E-state index in [4.69, 9.17) is 4.74 Å². The van der Waals surface area contributed by atoms with E-state index in [1.165, 1.54) is 44.9 Å². The van der Waals surface area contributed by atoms with Crippen LogP contribution in [0.25, 0.3) is 0 Å². The monoisotopic (exact) mass is 868 g/mol. The Morgan fingerprint density at radius 1 is 0.492 bits per heavy atom. The Morgan fingerprint density at radius 2 is 0.937 bits per heavy atom. The minimum atomic E-state index is -0.829. The standard InChI is InChI=1S/C57H89NO5/c1-4-7-10-13-16-19-22-24-26-27-28-29-31-33-35-38-41-44-47-50-57(62)63-53(48-45-42-39-36-34-32-30-25-23-20-17-14-11-8-5-2)51-56(61)58-54(52-59)55(60)49-46-43-40-37-21-18-15-12-9-6-3/h7-8,10-11,14,16-17,19-20,23-26,28-30,32-36,39,41,44,53-55,59-60H,4-6,9,12-13,15,18,21-22,27,31,37-38,40,42-43,45-52H2,1-3H3,(H,58,61)/b10-7-,11-8-,17-14+,19-16-,23-20+,26-24-,29-28-,30-25-,34-32+,35-33-,39-36+,44-41-. The lowest BCUT2D eigenvalue weighted by Gasteiger charge is -2.24. The summed E-state index contributed by atoms with van der Waals surface area (Å²) in [6.45, 7) is 6.14. The van der Waals surface area contributed by atoms with E-state index in [0.717, 1.165) is 77.0 Å². The number of carbonyl (C=O) groups excluding carboxylic acids is 2. The van der Waals surface area contributed by atoms with Gasteiger partial charge in [-0.2, -0.15) is 0 Å². The molecule has 0 aromatic carbocycles. The molecule has 63 heavy (non-hydrogen) atoms. The SMILES string of the molecule is CC\C=C/C=C/C=C/C=C\C=C\C=C\CCCC(CC(=O)NC(CO)C(O)CCCCCCCCCCCC)OC(=O)CC/C=C\C/C=C\C/C=C\C/C=C\C/C=C\C/C=C\CC. The normalized spacial score (nSPS) is 14.6. The number of ether oxygens (including phenoxy) is 1. The number of nitrogens with one attached hydrogen (secondary N) is 1. The molecule has 3 atom stereocenters. The van der Waals surface area contributed by atoms with Crippen molar-refractivity contribution >= 4 is 11.9 Å². The number of carbonyl (C=O) groups is 2. The molecule has 0 fully saturated rings. The maximum atomic E-state index is 13.2. The van der Waals surface area contributed by atoms with Crippen molar-refractivity contribution in [3.8, 4) is 0 Å². The summed E-state index contributed by atoms with van der Waals surface area (Å²) in [7, 11) is 0. The van der Waals surface area contributed by atoms with Gasteiger partial charge in [0, 0.05) is 6.42 Å². The van der Waals surface area contributed by atoms with Crippen LogP contribution in [0.4, 0.5) is 0 Å². The zero-order valence-electron chi connectivity index (χ0n) is 39.9. The summed E-state index contributed by atoms with van der Waals surface area (Å²) >= 11 is 0. The van der Waals surface area contributed by atoms with E-state index in [1.807, 2.05) is 66.8 Å². The van der Waals surface area contributed by atoms with Crippen molar-refractivity contribution in [3.63, 3.8) is 0 Å². The van der Waals surface area contributed by atoms with Gasteiger partial charge in [-0.05, 0) is 77.0 Å². The summed E-state index contributed by atoms with van der Waals surface area (Å²) in [5.74, 6) is -0.669. The van der Waals surface area contributed by atoms with Gasteiger partial charge in [-0.15, -0.1) is 0 Å². The van der Waals surface area contributed by atoms with Gasteiger partial charge in [-0.1, -0.05) is 231 Å². The number of hydrogen-bond donors (Lipinski definition) is 3. The highest BCUT2D eigenvalue weighted by Gasteiger charge is 2.23. The van der Waals surface area contributed by atoms with Crippen molar-refractivity contribution in [2.45, 2.75) is 193 Å². The van der Waals surface area contributed by atoms with Crippen LogP contribution in [0.5, 0.6) is 0 Å². The van der Waals surface area contributed by atoms with E-state index in [1.54, 1.807) is 0 Å². The number of aliphatic hydroxyl groups excluding tert-OH is 2. The summed E-state index contributed by atoms with van der Waals surface area (Å²) in [5, 5.41) is 23.6. The van der Waals surface area contributed by atoms with Gasteiger partial charge < -0.3 is 20.3 Å². The Kier molecular flexibility index (Phi) is 45.5. The predicted molar refractivity (Wildman–Crippen MR) is 272 cm³/mol. The van der Waals surface area contributed by atoms with Gasteiger partial charge in [0.1, 0.15) is 6.10 Å². The van der Waals surface area contributed by atoms with Crippen LogP contribution in [0.3, 0.4) is 0 Å². The van der Waals surface area contributed by atoms with Crippen molar-refractivity contribution in [2.75, 3.05) is 6.61 Å². The molecule has 0 aromatic rings. The molecular formula is C57H89NO5. The van der Waals surface area contributed by atoms with Crippen LogP contribution in [-0.4, -0.2) is 46.9 Å². The summed E-state index contributed by atoms with van der Waals surface area (Å²) in [4.78, 5) is 26.1. The quantitative estimate of drug-likeness (QED) is 0.0246. The highest BCUT2D eigenvalue weighted by Crippen LogP contribution is 2.15. The van der Waals surface area contributed by atoms with E-state index in [2.05, 4.69) is 105 Å². The van der Waals surface area contributed by atoms with Crippen LogP contribution >= 0.6 is 0 Å². The molecule has 0 saturated carbocycles. The zero-order chi connectivity index (χ0) is 45.9. The van der Waals surface area contributed by atoms with Crippen molar-refractivity contribution in [2.24, 2.45) is 0 Å². The molecule has 6 nitrogen and oxygen atoms in total. The molecule has 0 radical (unpaired) electrons. The molecule has 0 aliphatic carbocycles. The highest BCUT2D eigenvalue weighted by atomic mass is 16.5. The van der Waals surface area contributed by atoms with Gasteiger partial charge in [0.15, 0.2) is 0 Å². The first-order valence-electron chi connectivity index (χ1n) is 24.6. The van der Waals surface area contributed by atoms with E-state index in [9.17, 15) is 19.8 Å². The predicted octanol–water partition coefficient (Wildman–Crippen LogP) is 14.8. The number of esters is 1. The van der Waals surface area contributed by atoms with Gasteiger partial charge in [-0.3, -0.25) is 9.59 Å². The van der Waals surface area contributed by atoms with Crippen LogP contribution < -0.4 is 5.32 Å². The molecule has 0 bridgehead atoms. The molecule has 352 valence electrons. The fourth-order valence-electron chi connectivity index (χ4n) is 6.43. The first-order valence-corrected chi connectivity index (χ1v) is 24.6. The van der Waals surface area contributed by atoms with Crippen LogP contribution in [0.2, 0.25) is 0 Å².